The van der Waals surface area contributed by atoms with Crippen molar-refractivity contribution in [3.63, 3.8) is 0 Å². The molecule has 0 heterocycles. The van der Waals surface area contributed by atoms with Crippen LogP contribution in [-0.2, 0) is 27.9 Å². The van der Waals surface area contributed by atoms with E-state index in [1.54, 1.807) is 0 Å². The normalized spacial score (nSPS) is 22.1. The summed E-state index contributed by atoms with van der Waals surface area (Å²) in [5, 5.41) is 50.3. The topological polar surface area (TPSA) is 192 Å². The number of aliphatic hydroxyl groups excluding tert-OH is 5. The van der Waals surface area contributed by atoms with Crippen LogP contribution in [0.4, 0.5) is 0 Å². The Morgan fingerprint density at radius 3 is 1.36 bits per heavy atom. The van der Waals surface area contributed by atoms with Gasteiger partial charge in [0.15, 0.2) is 0 Å². The number of carbonyl (C=O) groups is 1. The number of aliphatic hydroxyl groups is 5. The average Bonchev–Trinajstić information content (AvgIpc) is 3.30. The lowest BCUT2D eigenvalue weighted by atomic mass is 9.85. The van der Waals surface area contributed by atoms with Crippen molar-refractivity contribution in [2.75, 3.05) is 19.8 Å². The van der Waals surface area contributed by atoms with Crippen LogP contribution in [0.1, 0.15) is 181 Å². The zero-order valence-electron chi connectivity index (χ0n) is 40.7. The standard InChI is InChI=1S/C53H91O12P/c1-3-5-7-9-11-13-15-17-19-21-23-25-27-29-31-33-35-37-39-41-43-62-44-46(45-63-66(60,61)65-53-51(58)49(56)48(55)50(57)52(53)59)64-47(54)42-40-38-36-34-32-30-28-26-24-22-20-18-16-14-12-10-8-6-4-2/h5,7,11-14,17-20,23-26,46,48-53,55-59H,3-4,6,8-10,15-16,21-22,27-45H2,1-2H3,(H,60,61)/b7-5-,13-11-,14-12-,19-17-,20-18-,25-23-,26-24-. The lowest BCUT2D eigenvalue weighted by Crippen LogP contribution is -2.64. The van der Waals surface area contributed by atoms with E-state index in [4.69, 9.17) is 18.5 Å². The van der Waals surface area contributed by atoms with E-state index in [2.05, 4.69) is 98.9 Å². The molecule has 0 aromatic carbocycles. The highest BCUT2D eigenvalue weighted by molar-refractivity contribution is 7.47. The van der Waals surface area contributed by atoms with E-state index in [-0.39, 0.29) is 13.0 Å². The number of ether oxygens (including phenoxy) is 2. The third kappa shape index (κ3) is 33.9. The van der Waals surface area contributed by atoms with Crippen molar-refractivity contribution in [2.45, 2.75) is 224 Å². The van der Waals surface area contributed by atoms with Crippen LogP contribution in [-0.4, -0.2) is 98.9 Å². The summed E-state index contributed by atoms with van der Waals surface area (Å²) in [6.45, 7) is 4.08. The lowest BCUT2D eigenvalue weighted by Gasteiger charge is -2.41. The average molecular weight is 951 g/mol. The van der Waals surface area contributed by atoms with Crippen LogP contribution in [0.2, 0.25) is 0 Å². The van der Waals surface area contributed by atoms with Crippen molar-refractivity contribution >= 4 is 13.8 Å². The predicted octanol–water partition coefficient (Wildman–Crippen LogP) is 11.3. The number of phosphoric ester groups is 1. The molecule has 1 aliphatic carbocycles. The summed E-state index contributed by atoms with van der Waals surface area (Å²) in [4.78, 5) is 23.2. The maximum Gasteiger partial charge on any atom is 0.472 e. The molecular formula is C53H91O12P. The number of hydrogen-bond acceptors (Lipinski definition) is 11. The first-order valence-corrected chi connectivity index (χ1v) is 26.9. The second-order valence-corrected chi connectivity index (χ2v) is 18.7. The highest BCUT2D eigenvalue weighted by atomic mass is 31.2. The largest absolute Gasteiger partial charge is 0.472 e. The molecule has 0 aromatic heterocycles. The first-order chi connectivity index (χ1) is 32.0. The van der Waals surface area contributed by atoms with Gasteiger partial charge in [-0.2, -0.15) is 0 Å². The number of allylic oxidation sites excluding steroid dienone is 14. The van der Waals surface area contributed by atoms with Gasteiger partial charge in [-0.15, -0.1) is 0 Å². The van der Waals surface area contributed by atoms with E-state index < -0.39 is 63.1 Å². The Bertz CT molecular complexity index is 1410. The van der Waals surface area contributed by atoms with Gasteiger partial charge in [-0.25, -0.2) is 4.57 Å². The molecule has 0 radical (unpaired) electrons. The highest BCUT2D eigenvalue weighted by Gasteiger charge is 2.51. The smallest absolute Gasteiger partial charge is 0.457 e. The van der Waals surface area contributed by atoms with Crippen molar-refractivity contribution in [1.82, 2.24) is 0 Å². The molecule has 0 aliphatic heterocycles. The van der Waals surface area contributed by atoms with Gasteiger partial charge in [-0.05, 0) is 89.9 Å². The number of hydrogen-bond donors (Lipinski definition) is 6. The Morgan fingerprint density at radius 1 is 0.500 bits per heavy atom. The molecule has 1 saturated carbocycles. The fourth-order valence-electron chi connectivity index (χ4n) is 7.24. The van der Waals surface area contributed by atoms with Crippen molar-refractivity contribution in [2.24, 2.45) is 0 Å². The lowest BCUT2D eigenvalue weighted by molar-refractivity contribution is -0.220. The van der Waals surface area contributed by atoms with Crippen LogP contribution >= 0.6 is 7.82 Å². The Kier molecular flexibility index (Phi) is 39.7. The van der Waals surface area contributed by atoms with Crippen molar-refractivity contribution in [3.05, 3.63) is 85.1 Å². The zero-order chi connectivity index (χ0) is 48.4. The van der Waals surface area contributed by atoms with Crippen LogP contribution in [0.3, 0.4) is 0 Å². The molecule has 0 aromatic rings. The van der Waals surface area contributed by atoms with E-state index in [0.29, 0.717) is 13.0 Å². The Balaban J connectivity index is 2.38. The minimum atomic E-state index is -5.04. The summed E-state index contributed by atoms with van der Waals surface area (Å²) in [5.41, 5.74) is 0. The van der Waals surface area contributed by atoms with E-state index in [0.717, 1.165) is 109 Å². The van der Waals surface area contributed by atoms with Crippen molar-refractivity contribution < 1.29 is 58.3 Å². The van der Waals surface area contributed by atoms with Gasteiger partial charge in [-0.3, -0.25) is 13.8 Å². The van der Waals surface area contributed by atoms with Crippen LogP contribution < -0.4 is 0 Å². The molecule has 1 rings (SSSR count). The fraction of sp³-hybridized carbons (Fsp3) is 0.717. The minimum Gasteiger partial charge on any atom is -0.457 e. The zero-order valence-corrected chi connectivity index (χ0v) is 41.6. The number of phosphoric acid groups is 1. The highest BCUT2D eigenvalue weighted by Crippen LogP contribution is 2.47. The van der Waals surface area contributed by atoms with Gasteiger partial charge in [0.2, 0.25) is 0 Å². The van der Waals surface area contributed by atoms with E-state index in [9.17, 15) is 39.8 Å². The minimum absolute atomic E-state index is 0.0946. The van der Waals surface area contributed by atoms with Gasteiger partial charge in [0.1, 0.15) is 42.7 Å². The summed E-state index contributed by atoms with van der Waals surface area (Å²) in [6, 6.07) is 0. The van der Waals surface area contributed by atoms with Crippen LogP contribution in [0.5, 0.6) is 0 Å². The number of esters is 1. The molecule has 6 atom stereocenters. The monoisotopic (exact) mass is 951 g/mol. The number of rotatable bonds is 42. The molecule has 6 N–H and O–H groups in total. The summed E-state index contributed by atoms with van der Waals surface area (Å²) < 4.78 is 34.3. The van der Waals surface area contributed by atoms with Crippen LogP contribution in [0.25, 0.3) is 0 Å². The maximum atomic E-state index is 12.9. The molecule has 6 unspecified atom stereocenters. The van der Waals surface area contributed by atoms with Crippen molar-refractivity contribution in [1.29, 1.82) is 0 Å². The third-order valence-electron chi connectivity index (χ3n) is 11.3. The Hall–Kier alpha value is -2.48. The molecule has 66 heavy (non-hydrogen) atoms. The third-order valence-corrected chi connectivity index (χ3v) is 12.2. The Labute approximate surface area is 399 Å². The summed E-state index contributed by atoms with van der Waals surface area (Å²) in [7, 11) is -5.04. The number of unbranched alkanes of at least 4 members (excludes halogenated alkanes) is 16. The quantitative estimate of drug-likeness (QED) is 0.0147. The van der Waals surface area contributed by atoms with Crippen LogP contribution in [0.15, 0.2) is 85.1 Å². The van der Waals surface area contributed by atoms with Gasteiger partial charge < -0.3 is 39.9 Å². The van der Waals surface area contributed by atoms with Gasteiger partial charge in [0.25, 0.3) is 0 Å². The Morgan fingerprint density at radius 2 is 0.894 bits per heavy atom. The van der Waals surface area contributed by atoms with E-state index >= 15 is 0 Å². The molecule has 0 amide bonds. The first kappa shape index (κ1) is 61.5. The maximum absolute atomic E-state index is 12.9. The summed E-state index contributed by atoms with van der Waals surface area (Å²) >= 11 is 0. The second kappa shape index (κ2) is 42.6. The van der Waals surface area contributed by atoms with Crippen molar-refractivity contribution in [3.8, 4) is 0 Å². The fourth-order valence-corrected chi connectivity index (χ4v) is 8.21. The molecule has 0 spiro atoms. The molecule has 12 nitrogen and oxygen atoms in total. The molecule has 0 bridgehead atoms. The van der Waals surface area contributed by atoms with E-state index in [1.165, 1.54) is 44.9 Å². The molecule has 1 aliphatic rings. The predicted molar refractivity (Wildman–Crippen MR) is 267 cm³/mol. The summed E-state index contributed by atoms with van der Waals surface area (Å²) in [5.74, 6) is -0.497. The van der Waals surface area contributed by atoms with Crippen LogP contribution in [0, 0.1) is 0 Å². The molecular weight excluding hydrogens is 860 g/mol. The van der Waals surface area contributed by atoms with Gasteiger partial charge in [-0.1, -0.05) is 170 Å². The first-order valence-electron chi connectivity index (χ1n) is 25.4. The molecule has 380 valence electrons. The second-order valence-electron chi connectivity index (χ2n) is 17.3. The van der Waals surface area contributed by atoms with Gasteiger partial charge in [0.05, 0.1) is 13.2 Å². The molecule has 1 fully saturated rings. The SMILES string of the molecule is CC/C=C\C/C=C\C/C=C\C/C=C\CCCCCCCCCOCC(COP(=O)(O)OC1C(O)C(O)C(O)C(O)C1O)OC(=O)CCCCCCCC/C=C\C/C=C\C/C=C\CCCCC. The van der Waals surface area contributed by atoms with E-state index in [1.807, 2.05) is 0 Å². The molecule has 0 saturated heterocycles. The summed E-state index contributed by atoms with van der Waals surface area (Å²) in [6.07, 6.45) is 44.9. The van der Waals surface area contributed by atoms with Gasteiger partial charge >= 0.3 is 13.8 Å². The molecule has 13 heteroatoms. The van der Waals surface area contributed by atoms with Gasteiger partial charge in [0, 0.05) is 13.0 Å². The number of carbonyl (C=O) groups excluding carboxylic acids is 1.